The Morgan fingerprint density at radius 1 is 1.75 bits per heavy atom. The van der Waals surface area contributed by atoms with Crippen LogP contribution in [0, 0.1) is 0 Å². The molecule has 3 heteroatoms. The van der Waals surface area contributed by atoms with Gasteiger partial charge in [-0.3, -0.25) is 0 Å². The van der Waals surface area contributed by atoms with Crippen molar-refractivity contribution >= 4 is 16.0 Å². The number of carbonyl (C=O) groups excluding carboxylic acids is 1. The van der Waals surface area contributed by atoms with E-state index in [0.29, 0.717) is 9.76 Å². The van der Waals surface area contributed by atoms with E-state index >= 15 is 0 Å². The van der Waals surface area contributed by atoms with Crippen molar-refractivity contribution in [2.75, 3.05) is 0 Å². The topological polar surface area (TPSA) is 26.3 Å². The maximum absolute atomic E-state index is 10.2. The van der Waals surface area contributed by atoms with Gasteiger partial charge in [-0.25, -0.2) is 0 Å². The summed E-state index contributed by atoms with van der Waals surface area (Å²) >= 11 is 0. The van der Waals surface area contributed by atoms with Crippen LogP contribution < -0.4 is 0 Å². The second-order valence-corrected chi connectivity index (χ2v) is 2.60. The predicted molar refractivity (Wildman–Crippen MR) is 30.7 cm³/mol. The van der Waals surface area contributed by atoms with E-state index in [1.54, 1.807) is 0 Å². The Balaban J connectivity index is 2.30. The molecule has 1 rings (SSSR count). The maximum atomic E-state index is 10.2. The van der Waals surface area contributed by atoms with Crippen LogP contribution in [0.3, 0.4) is 0 Å². The number of hydrogen-bond donors (Lipinski definition) is 0. The van der Waals surface area contributed by atoms with Gasteiger partial charge >= 0.3 is 0 Å². The molecule has 0 aromatic carbocycles. The maximum Gasteiger partial charge on any atom is 0.227 e. The van der Waals surface area contributed by atoms with Gasteiger partial charge in [0.1, 0.15) is 5.60 Å². The zero-order valence-electron chi connectivity index (χ0n) is 4.81. The third kappa shape index (κ3) is 0.979. The summed E-state index contributed by atoms with van der Waals surface area (Å²) in [6.45, 7) is 1.93. The van der Waals surface area contributed by atoms with E-state index in [1.807, 2.05) is 6.55 Å². The predicted octanol–water partition coefficient (Wildman–Crippen LogP) is 0.402. The molecule has 44 valence electrons. The van der Waals surface area contributed by atoms with Crippen LogP contribution in [0.15, 0.2) is 0 Å². The molecule has 0 unspecified atom stereocenters. The SMILES string of the molecule is C[Si]OC1(C=O)CC1. The minimum atomic E-state index is -0.326. The first kappa shape index (κ1) is 5.97. The van der Waals surface area contributed by atoms with Crippen molar-refractivity contribution in [1.82, 2.24) is 0 Å². The Kier molecular flexibility index (Phi) is 1.49. The van der Waals surface area contributed by atoms with Crippen molar-refractivity contribution in [3.05, 3.63) is 0 Å². The molecule has 0 amide bonds. The number of rotatable bonds is 3. The van der Waals surface area contributed by atoms with Gasteiger partial charge in [-0.1, -0.05) is 0 Å². The molecule has 0 N–H and O–H groups in total. The Morgan fingerprint density at radius 3 is 2.50 bits per heavy atom. The quantitative estimate of drug-likeness (QED) is 0.406. The van der Waals surface area contributed by atoms with Crippen molar-refractivity contribution in [1.29, 1.82) is 0 Å². The van der Waals surface area contributed by atoms with Crippen LogP contribution in [-0.2, 0) is 9.22 Å². The lowest BCUT2D eigenvalue weighted by Crippen LogP contribution is -2.16. The Bertz CT molecular complexity index is 98.6. The summed E-state index contributed by atoms with van der Waals surface area (Å²) in [5.41, 5.74) is -0.326. The molecule has 1 aliphatic carbocycles. The van der Waals surface area contributed by atoms with Gasteiger partial charge < -0.3 is 9.22 Å². The summed E-state index contributed by atoms with van der Waals surface area (Å²) in [4.78, 5) is 10.2. The fourth-order valence-corrected chi connectivity index (χ4v) is 1.23. The van der Waals surface area contributed by atoms with Crippen molar-refractivity contribution in [2.45, 2.75) is 25.0 Å². The molecule has 0 bridgehead atoms. The van der Waals surface area contributed by atoms with E-state index in [9.17, 15) is 4.79 Å². The molecule has 0 aliphatic heterocycles. The first-order chi connectivity index (χ1) is 3.83. The summed E-state index contributed by atoms with van der Waals surface area (Å²) < 4.78 is 5.15. The van der Waals surface area contributed by atoms with E-state index in [2.05, 4.69) is 0 Å². The van der Waals surface area contributed by atoms with Crippen LogP contribution in [0.1, 0.15) is 12.8 Å². The van der Waals surface area contributed by atoms with E-state index in [1.165, 1.54) is 0 Å². The molecule has 0 heterocycles. The zero-order valence-corrected chi connectivity index (χ0v) is 5.81. The van der Waals surface area contributed by atoms with Gasteiger partial charge in [0.2, 0.25) is 9.76 Å². The Hall–Kier alpha value is -0.153. The molecular formula is C5H8O2Si. The Labute approximate surface area is 51.2 Å². The van der Waals surface area contributed by atoms with Crippen LogP contribution in [0.5, 0.6) is 0 Å². The van der Waals surface area contributed by atoms with E-state index in [4.69, 9.17) is 4.43 Å². The van der Waals surface area contributed by atoms with Gasteiger partial charge in [-0.15, -0.1) is 0 Å². The Morgan fingerprint density at radius 2 is 2.38 bits per heavy atom. The summed E-state index contributed by atoms with van der Waals surface area (Å²) in [6.07, 6.45) is 2.78. The monoisotopic (exact) mass is 128 g/mol. The lowest BCUT2D eigenvalue weighted by atomic mass is 10.4. The molecule has 0 aromatic heterocycles. The van der Waals surface area contributed by atoms with Gasteiger partial charge in [-0.2, -0.15) is 0 Å². The highest BCUT2D eigenvalue weighted by atomic mass is 28.2. The zero-order chi connectivity index (χ0) is 6.04. The van der Waals surface area contributed by atoms with Crippen molar-refractivity contribution in [3.8, 4) is 0 Å². The molecule has 0 saturated heterocycles. The van der Waals surface area contributed by atoms with E-state index in [0.717, 1.165) is 19.1 Å². The fraction of sp³-hybridized carbons (Fsp3) is 0.800. The minimum Gasteiger partial charge on any atom is -0.406 e. The highest BCUT2D eigenvalue weighted by Gasteiger charge is 2.42. The fourth-order valence-electron chi connectivity index (χ4n) is 0.570. The summed E-state index contributed by atoms with van der Waals surface area (Å²) in [7, 11) is 0.447. The lowest BCUT2D eigenvalue weighted by molar-refractivity contribution is -0.115. The first-order valence-corrected chi connectivity index (χ1v) is 4.05. The second-order valence-electron chi connectivity index (χ2n) is 1.99. The molecular weight excluding hydrogens is 120 g/mol. The van der Waals surface area contributed by atoms with Crippen molar-refractivity contribution in [2.24, 2.45) is 0 Å². The smallest absolute Gasteiger partial charge is 0.227 e. The third-order valence-electron chi connectivity index (χ3n) is 1.26. The molecule has 0 spiro atoms. The van der Waals surface area contributed by atoms with Gasteiger partial charge in [-0.05, 0) is 19.4 Å². The van der Waals surface area contributed by atoms with E-state index in [-0.39, 0.29) is 5.60 Å². The molecule has 1 aliphatic rings. The molecule has 1 fully saturated rings. The molecule has 8 heavy (non-hydrogen) atoms. The highest BCUT2D eigenvalue weighted by molar-refractivity contribution is 6.25. The third-order valence-corrected chi connectivity index (χ3v) is 1.87. The van der Waals surface area contributed by atoms with Crippen LogP contribution in [-0.4, -0.2) is 21.7 Å². The average Bonchev–Trinajstić information content (AvgIpc) is 2.50. The molecule has 1 saturated carbocycles. The van der Waals surface area contributed by atoms with Gasteiger partial charge in [0.05, 0.1) is 0 Å². The molecule has 0 aromatic rings. The number of hydrogen-bond acceptors (Lipinski definition) is 2. The molecule has 0 atom stereocenters. The number of aldehydes is 1. The van der Waals surface area contributed by atoms with Crippen molar-refractivity contribution in [3.63, 3.8) is 0 Å². The van der Waals surface area contributed by atoms with Gasteiger partial charge in [0.15, 0.2) is 6.29 Å². The van der Waals surface area contributed by atoms with E-state index < -0.39 is 0 Å². The molecule has 2 nitrogen and oxygen atoms in total. The standard InChI is InChI=1S/C5H8O2Si/c1-8-7-5(4-6)2-3-5/h4H,2-3H2,1H3. The van der Waals surface area contributed by atoms with Gasteiger partial charge in [0, 0.05) is 0 Å². The summed E-state index contributed by atoms with van der Waals surface area (Å²) in [5, 5.41) is 0. The first-order valence-electron chi connectivity index (χ1n) is 2.64. The normalized spacial score (nSPS) is 22.6. The highest BCUT2D eigenvalue weighted by Crippen LogP contribution is 2.36. The summed E-state index contributed by atoms with van der Waals surface area (Å²) in [6, 6.07) is 0. The largest absolute Gasteiger partial charge is 0.406 e. The van der Waals surface area contributed by atoms with Crippen LogP contribution in [0.2, 0.25) is 6.55 Å². The lowest BCUT2D eigenvalue weighted by Gasteiger charge is -2.03. The van der Waals surface area contributed by atoms with Crippen LogP contribution in [0.4, 0.5) is 0 Å². The number of carbonyl (C=O) groups is 1. The van der Waals surface area contributed by atoms with Crippen LogP contribution >= 0.6 is 0 Å². The summed E-state index contributed by atoms with van der Waals surface area (Å²) in [5.74, 6) is 0. The minimum absolute atomic E-state index is 0.326. The van der Waals surface area contributed by atoms with Gasteiger partial charge in [0.25, 0.3) is 0 Å². The van der Waals surface area contributed by atoms with Crippen molar-refractivity contribution < 1.29 is 9.22 Å². The molecule has 2 radical (unpaired) electrons. The van der Waals surface area contributed by atoms with Crippen LogP contribution in [0.25, 0.3) is 0 Å². The second kappa shape index (κ2) is 1.99. The average molecular weight is 128 g/mol.